The third-order valence-electron chi connectivity index (χ3n) is 2.63. The van der Waals surface area contributed by atoms with Crippen LogP contribution >= 0.6 is 0 Å². The maximum absolute atomic E-state index is 3.30. The van der Waals surface area contributed by atoms with Crippen molar-refractivity contribution in [2.75, 3.05) is 0 Å². The van der Waals surface area contributed by atoms with Crippen LogP contribution in [0.15, 0.2) is 48.5 Å². The molecule has 0 N–H and O–H groups in total. The minimum atomic E-state index is 0.424. The summed E-state index contributed by atoms with van der Waals surface area (Å²) in [5.74, 6) is 0.424. The topological polar surface area (TPSA) is 0 Å². The molecule has 0 fully saturated rings. The van der Waals surface area contributed by atoms with Crippen LogP contribution in [0.2, 0.25) is 0 Å². The first-order chi connectivity index (χ1) is 7.42. The second kappa shape index (κ2) is 4.79. The van der Waals surface area contributed by atoms with Crippen LogP contribution < -0.4 is 0 Å². The van der Waals surface area contributed by atoms with Crippen molar-refractivity contribution in [2.24, 2.45) is 0 Å². The van der Waals surface area contributed by atoms with Crippen LogP contribution in [-0.4, -0.2) is 0 Å². The van der Waals surface area contributed by atoms with Gasteiger partial charge in [0.25, 0.3) is 0 Å². The zero-order chi connectivity index (χ0) is 10.5. The molecule has 0 aromatic heterocycles. The summed E-state index contributed by atoms with van der Waals surface area (Å²) in [7, 11) is 0. The SMILES string of the molecule is CCC(c1[c]cccc1)c1[c]cccc1. The summed E-state index contributed by atoms with van der Waals surface area (Å²) in [6.45, 7) is 2.20. The number of rotatable bonds is 3. The Kier molecular flexibility index (Phi) is 3.18. The molecule has 0 heteroatoms. The average Bonchev–Trinajstić information content (AvgIpc) is 2.33. The largest absolute Gasteiger partial charge is 0.0645 e. The number of hydrogen-bond donors (Lipinski definition) is 0. The zero-order valence-electron chi connectivity index (χ0n) is 8.90. The molecule has 0 nitrogen and oxygen atoms in total. The Morgan fingerprint density at radius 3 is 1.80 bits per heavy atom. The maximum Gasteiger partial charge on any atom is 0.00990 e. The lowest BCUT2D eigenvalue weighted by molar-refractivity contribution is 0.775. The van der Waals surface area contributed by atoms with E-state index in [2.05, 4.69) is 43.3 Å². The Hall–Kier alpha value is -1.56. The molecule has 0 spiro atoms. The molecule has 0 aliphatic heterocycles. The van der Waals surface area contributed by atoms with Crippen LogP contribution in [0.5, 0.6) is 0 Å². The van der Waals surface area contributed by atoms with Crippen molar-refractivity contribution in [1.29, 1.82) is 0 Å². The van der Waals surface area contributed by atoms with E-state index in [9.17, 15) is 0 Å². The molecule has 2 aromatic carbocycles. The molecular weight excluding hydrogens is 180 g/mol. The molecule has 0 bridgehead atoms. The molecule has 0 heterocycles. The lowest BCUT2D eigenvalue weighted by atomic mass is 9.89. The Balaban J connectivity index is 2.34. The second-order valence-corrected chi connectivity index (χ2v) is 3.60. The average molecular weight is 194 g/mol. The third kappa shape index (κ3) is 2.27. The van der Waals surface area contributed by atoms with Gasteiger partial charge in [-0.25, -0.2) is 0 Å². The van der Waals surface area contributed by atoms with Crippen LogP contribution in [0, 0.1) is 12.1 Å². The van der Waals surface area contributed by atoms with E-state index in [-0.39, 0.29) is 0 Å². The van der Waals surface area contributed by atoms with Gasteiger partial charge in [-0.05, 0) is 29.7 Å². The third-order valence-corrected chi connectivity index (χ3v) is 2.63. The monoisotopic (exact) mass is 194 g/mol. The van der Waals surface area contributed by atoms with E-state index in [0.29, 0.717) is 5.92 Å². The van der Waals surface area contributed by atoms with Gasteiger partial charge in [-0.15, -0.1) is 0 Å². The van der Waals surface area contributed by atoms with E-state index >= 15 is 0 Å². The molecule has 2 rings (SSSR count). The van der Waals surface area contributed by atoms with E-state index < -0.39 is 0 Å². The number of benzene rings is 2. The number of hydrogen-bond acceptors (Lipinski definition) is 0. The van der Waals surface area contributed by atoms with Crippen LogP contribution in [0.1, 0.15) is 30.4 Å². The Labute approximate surface area is 91.6 Å². The van der Waals surface area contributed by atoms with Crippen LogP contribution in [-0.2, 0) is 0 Å². The second-order valence-electron chi connectivity index (χ2n) is 3.60. The van der Waals surface area contributed by atoms with Gasteiger partial charge < -0.3 is 0 Å². The lowest BCUT2D eigenvalue weighted by Crippen LogP contribution is -1.99. The molecule has 0 amide bonds. The lowest BCUT2D eigenvalue weighted by Gasteiger charge is -2.14. The van der Waals surface area contributed by atoms with Crippen molar-refractivity contribution in [1.82, 2.24) is 0 Å². The fourth-order valence-corrected chi connectivity index (χ4v) is 1.86. The van der Waals surface area contributed by atoms with Crippen LogP contribution in [0.25, 0.3) is 0 Å². The molecule has 0 aliphatic carbocycles. The minimum Gasteiger partial charge on any atom is -0.0645 e. The van der Waals surface area contributed by atoms with Crippen molar-refractivity contribution >= 4 is 0 Å². The Morgan fingerprint density at radius 2 is 1.47 bits per heavy atom. The highest BCUT2D eigenvalue weighted by Gasteiger charge is 2.10. The van der Waals surface area contributed by atoms with Gasteiger partial charge in [-0.1, -0.05) is 55.5 Å². The van der Waals surface area contributed by atoms with Gasteiger partial charge in [0.1, 0.15) is 0 Å². The summed E-state index contributed by atoms with van der Waals surface area (Å²) in [6.07, 6.45) is 1.08. The highest BCUT2D eigenvalue weighted by atomic mass is 14.1. The predicted molar refractivity (Wildman–Crippen MR) is 62.7 cm³/mol. The molecule has 15 heavy (non-hydrogen) atoms. The predicted octanol–water partition coefficient (Wildman–Crippen LogP) is 3.83. The standard InChI is InChI=1S/C15H14/c1-2-15(13-9-5-3-6-10-13)14-11-7-4-8-12-14/h3-9,11,15H,2H2,1H3. The molecule has 0 aliphatic rings. The Bertz CT molecular complexity index is 349. The molecule has 0 atom stereocenters. The van der Waals surface area contributed by atoms with Gasteiger partial charge >= 0.3 is 0 Å². The smallest absolute Gasteiger partial charge is 0.00990 e. The fraction of sp³-hybridized carbons (Fsp3) is 0.200. The first-order valence-electron chi connectivity index (χ1n) is 5.35. The van der Waals surface area contributed by atoms with E-state index in [0.717, 1.165) is 6.42 Å². The molecule has 2 radical (unpaired) electrons. The molecule has 74 valence electrons. The van der Waals surface area contributed by atoms with Crippen molar-refractivity contribution in [3.63, 3.8) is 0 Å². The summed E-state index contributed by atoms with van der Waals surface area (Å²) in [4.78, 5) is 0. The maximum atomic E-state index is 3.30. The van der Waals surface area contributed by atoms with E-state index in [4.69, 9.17) is 0 Å². The fourth-order valence-electron chi connectivity index (χ4n) is 1.86. The van der Waals surface area contributed by atoms with Gasteiger partial charge in [0.05, 0.1) is 0 Å². The van der Waals surface area contributed by atoms with Crippen molar-refractivity contribution in [2.45, 2.75) is 19.3 Å². The summed E-state index contributed by atoms with van der Waals surface area (Å²) < 4.78 is 0. The molecule has 0 saturated carbocycles. The van der Waals surface area contributed by atoms with Crippen molar-refractivity contribution in [3.8, 4) is 0 Å². The normalized spacial score (nSPS) is 10.5. The van der Waals surface area contributed by atoms with Gasteiger partial charge in [0.2, 0.25) is 0 Å². The van der Waals surface area contributed by atoms with Gasteiger partial charge in [-0.3, -0.25) is 0 Å². The van der Waals surface area contributed by atoms with Gasteiger partial charge in [0.15, 0.2) is 0 Å². The first kappa shape index (κ1) is 9.97. The highest BCUT2D eigenvalue weighted by Crippen LogP contribution is 2.26. The minimum absolute atomic E-state index is 0.424. The molecule has 0 saturated heterocycles. The molecular formula is C15H14. The molecule has 0 unspecified atom stereocenters. The van der Waals surface area contributed by atoms with Gasteiger partial charge in [-0.2, -0.15) is 0 Å². The summed E-state index contributed by atoms with van der Waals surface area (Å²) in [5, 5.41) is 0. The van der Waals surface area contributed by atoms with Crippen LogP contribution in [0.3, 0.4) is 0 Å². The van der Waals surface area contributed by atoms with Crippen molar-refractivity contribution in [3.05, 3.63) is 71.8 Å². The zero-order valence-corrected chi connectivity index (χ0v) is 8.90. The van der Waals surface area contributed by atoms with Crippen molar-refractivity contribution < 1.29 is 0 Å². The first-order valence-corrected chi connectivity index (χ1v) is 5.35. The summed E-state index contributed by atoms with van der Waals surface area (Å²) >= 11 is 0. The van der Waals surface area contributed by atoms with E-state index in [1.807, 2.05) is 24.3 Å². The van der Waals surface area contributed by atoms with Gasteiger partial charge in [0, 0.05) is 5.92 Å². The molecule has 2 aromatic rings. The van der Waals surface area contributed by atoms with Crippen LogP contribution in [0.4, 0.5) is 0 Å². The quantitative estimate of drug-likeness (QED) is 0.696. The van der Waals surface area contributed by atoms with E-state index in [1.54, 1.807) is 0 Å². The summed E-state index contributed by atoms with van der Waals surface area (Å²) in [5.41, 5.74) is 2.50. The summed E-state index contributed by atoms with van der Waals surface area (Å²) in [6, 6.07) is 23.0. The Morgan fingerprint density at radius 1 is 0.933 bits per heavy atom. The van der Waals surface area contributed by atoms with E-state index in [1.165, 1.54) is 11.1 Å². The highest BCUT2D eigenvalue weighted by molar-refractivity contribution is 5.30.